The van der Waals surface area contributed by atoms with Gasteiger partial charge in [0.1, 0.15) is 5.92 Å². The van der Waals surface area contributed by atoms with Gasteiger partial charge in [-0.05, 0) is 50.0 Å². The van der Waals surface area contributed by atoms with Crippen LogP contribution in [0.2, 0.25) is 0 Å². The summed E-state index contributed by atoms with van der Waals surface area (Å²) < 4.78 is 0. The summed E-state index contributed by atoms with van der Waals surface area (Å²) in [5.41, 5.74) is 2.13. The lowest BCUT2D eigenvalue weighted by atomic mass is 10.0. The van der Waals surface area contributed by atoms with Gasteiger partial charge in [-0.15, -0.1) is 12.4 Å². The Kier molecular flexibility index (Phi) is 8.22. The third-order valence-corrected chi connectivity index (χ3v) is 4.30. The number of nitrogens with zero attached hydrogens (tertiary/aromatic N) is 1. The molecule has 1 aromatic carbocycles. The van der Waals surface area contributed by atoms with Crippen molar-refractivity contribution in [3.05, 3.63) is 29.8 Å². The van der Waals surface area contributed by atoms with E-state index in [0.717, 1.165) is 18.7 Å². The molecule has 0 spiro atoms. The van der Waals surface area contributed by atoms with Crippen LogP contribution in [0.15, 0.2) is 24.3 Å². The Morgan fingerprint density at radius 1 is 1.25 bits per heavy atom. The molecule has 134 valence electrons. The number of rotatable bonds is 7. The second-order valence-electron chi connectivity index (χ2n) is 6.33. The highest BCUT2D eigenvalue weighted by Crippen LogP contribution is 2.27. The zero-order valence-electron chi connectivity index (χ0n) is 14.7. The number of hydrogen-bond donors (Lipinski definition) is 2. The van der Waals surface area contributed by atoms with Gasteiger partial charge in [0.15, 0.2) is 0 Å². The van der Waals surface area contributed by atoms with Crippen molar-refractivity contribution in [3.8, 4) is 0 Å². The van der Waals surface area contributed by atoms with Crippen LogP contribution < -0.4 is 15.5 Å². The first-order valence-corrected chi connectivity index (χ1v) is 8.38. The Bertz CT molecular complexity index is 546. The van der Waals surface area contributed by atoms with Gasteiger partial charge in [0.25, 0.3) is 0 Å². The smallest absolute Gasteiger partial charge is 0.239 e. The minimum Gasteiger partial charge on any atom is -0.355 e. The van der Waals surface area contributed by atoms with Crippen molar-refractivity contribution < 1.29 is 9.59 Å². The molecule has 0 radical (unpaired) electrons. The molecule has 1 fully saturated rings. The molecule has 0 saturated carbocycles. The summed E-state index contributed by atoms with van der Waals surface area (Å²) in [6.07, 6.45) is 1.45. The predicted octanol–water partition coefficient (Wildman–Crippen LogP) is 2.31. The van der Waals surface area contributed by atoms with Crippen LogP contribution in [0.1, 0.15) is 38.2 Å². The summed E-state index contributed by atoms with van der Waals surface area (Å²) >= 11 is 0. The van der Waals surface area contributed by atoms with Gasteiger partial charge in [-0.3, -0.25) is 9.59 Å². The number of hydrogen-bond acceptors (Lipinski definition) is 3. The van der Waals surface area contributed by atoms with Gasteiger partial charge in [-0.1, -0.05) is 26.0 Å². The lowest BCUT2D eigenvalue weighted by Crippen LogP contribution is -2.37. The number of carbonyl (C=O) groups excluding carboxylic acids is 2. The van der Waals surface area contributed by atoms with Crippen LogP contribution in [-0.2, 0) is 9.59 Å². The lowest BCUT2D eigenvalue weighted by molar-refractivity contribution is -0.132. The molecule has 0 aromatic heterocycles. The van der Waals surface area contributed by atoms with Gasteiger partial charge in [0.05, 0.1) is 0 Å². The quantitative estimate of drug-likeness (QED) is 0.584. The van der Waals surface area contributed by atoms with Crippen LogP contribution in [0, 0.1) is 5.92 Å². The average Bonchev–Trinajstić information content (AvgIpc) is 2.93. The largest absolute Gasteiger partial charge is 0.355 e. The maximum Gasteiger partial charge on any atom is 0.239 e. The Morgan fingerprint density at radius 3 is 2.50 bits per heavy atom. The molecule has 1 aromatic rings. The van der Waals surface area contributed by atoms with Gasteiger partial charge >= 0.3 is 0 Å². The Labute approximate surface area is 150 Å². The summed E-state index contributed by atoms with van der Waals surface area (Å²) in [5.74, 6) is -0.315. The van der Waals surface area contributed by atoms with Crippen molar-refractivity contribution in [2.75, 3.05) is 31.6 Å². The van der Waals surface area contributed by atoms with Crippen LogP contribution in [0.5, 0.6) is 0 Å². The van der Waals surface area contributed by atoms with Gasteiger partial charge in [-0.25, -0.2) is 0 Å². The standard InChI is InChI=1S/C18H27N3O2.ClH/c1-13(2)14-5-7-15(8-6-14)21-12-9-16(18(21)23)17(22)20-11-4-10-19-3;/h5-8,13,16,19H,4,9-12H2,1-3H3,(H,20,22);1H. The molecule has 2 N–H and O–H groups in total. The van der Waals surface area contributed by atoms with Gasteiger partial charge in [-0.2, -0.15) is 0 Å². The fourth-order valence-corrected chi connectivity index (χ4v) is 2.82. The summed E-state index contributed by atoms with van der Waals surface area (Å²) in [5, 5.41) is 5.89. The van der Waals surface area contributed by atoms with E-state index in [1.807, 2.05) is 19.2 Å². The summed E-state index contributed by atoms with van der Waals surface area (Å²) in [6, 6.07) is 8.05. The van der Waals surface area contributed by atoms with Crippen LogP contribution in [-0.4, -0.2) is 38.5 Å². The topological polar surface area (TPSA) is 61.4 Å². The summed E-state index contributed by atoms with van der Waals surface area (Å²) in [7, 11) is 1.88. The van der Waals surface area contributed by atoms with E-state index in [9.17, 15) is 9.59 Å². The van der Waals surface area contributed by atoms with Crippen molar-refractivity contribution >= 4 is 29.9 Å². The number of benzene rings is 1. The number of anilines is 1. The van der Waals surface area contributed by atoms with Crippen LogP contribution in [0.3, 0.4) is 0 Å². The monoisotopic (exact) mass is 353 g/mol. The molecule has 6 heteroatoms. The molecule has 2 amide bonds. The zero-order chi connectivity index (χ0) is 16.8. The average molecular weight is 354 g/mol. The van der Waals surface area contributed by atoms with E-state index in [1.165, 1.54) is 5.56 Å². The molecule has 0 bridgehead atoms. The number of nitrogens with one attached hydrogen (secondary N) is 2. The van der Waals surface area contributed by atoms with E-state index in [1.54, 1.807) is 4.90 Å². The second kappa shape index (κ2) is 9.64. The number of amides is 2. The molecular formula is C18H28ClN3O2. The number of halogens is 1. The van der Waals surface area contributed by atoms with E-state index >= 15 is 0 Å². The highest BCUT2D eigenvalue weighted by atomic mass is 35.5. The third kappa shape index (κ3) is 4.95. The molecule has 1 aliphatic heterocycles. The predicted molar refractivity (Wildman–Crippen MR) is 99.8 cm³/mol. The molecule has 24 heavy (non-hydrogen) atoms. The molecule has 1 aliphatic rings. The molecule has 2 rings (SSSR count). The summed E-state index contributed by atoms with van der Waals surface area (Å²) in [4.78, 5) is 26.4. The number of carbonyl (C=O) groups is 2. The van der Waals surface area contributed by atoms with Crippen LogP contribution in [0.25, 0.3) is 0 Å². The van der Waals surface area contributed by atoms with Crippen molar-refractivity contribution in [1.82, 2.24) is 10.6 Å². The molecule has 5 nitrogen and oxygen atoms in total. The normalized spacial score (nSPS) is 17.1. The minimum atomic E-state index is -0.547. The third-order valence-electron chi connectivity index (χ3n) is 4.30. The molecule has 1 saturated heterocycles. The van der Waals surface area contributed by atoms with Gasteiger partial charge < -0.3 is 15.5 Å². The Balaban J connectivity index is 0.00000288. The van der Waals surface area contributed by atoms with Crippen molar-refractivity contribution in [2.45, 2.75) is 32.6 Å². The van der Waals surface area contributed by atoms with E-state index in [4.69, 9.17) is 0 Å². The SMILES string of the molecule is CNCCCNC(=O)C1CCN(c2ccc(C(C)C)cc2)C1=O.Cl. The maximum absolute atomic E-state index is 12.5. The molecule has 1 heterocycles. The summed E-state index contributed by atoms with van der Waals surface area (Å²) in [6.45, 7) is 6.35. The highest BCUT2D eigenvalue weighted by molar-refractivity contribution is 6.09. The van der Waals surface area contributed by atoms with E-state index in [-0.39, 0.29) is 24.2 Å². The first-order valence-electron chi connectivity index (χ1n) is 8.38. The first-order chi connectivity index (χ1) is 11.0. The molecular weight excluding hydrogens is 326 g/mol. The maximum atomic E-state index is 12.5. The fourth-order valence-electron chi connectivity index (χ4n) is 2.82. The van der Waals surface area contributed by atoms with Crippen LogP contribution >= 0.6 is 12.4 Å². The van der Waals surface area contributed by atoms with Gasteiger partial charge in [0, 0.05) is 18.8 Å². The van der Waals surface area contributed by atoms with Crippen molar-refractivity contribution in [2.24, 2.45) is 5.92 Å². The van der Waals surface area contributed by atoms with Crippen molar-refractivity contribution in [1.29, 1.82) is 0 Å². The Morgan fingerprint density at radius 2 is 1.92 bits per heavy atom. The highest BCUT2D eigenvalue weighted by Gasteiger charge is 2.37. The minimum absolute atomic E-state index is 0. The lowest BCUT2D eigenvalue weighted by Gasteiger charge is -2.18. The Hall–Kier alpha value is -1.59. The van der Waals surface area contributed by atoms with Crippen molar-refractivity contribution in [3.63, 3.8) is 0 Å². The van der Waals surface area contributed by atoms with Crippen LogP contribution in [0.4, 0.5) is 5.69 Å². The first kappa shape index (κ1) is 20.5. The second-order valence-corrected chi connectivity index (χ2v) is 6.33. The molecule has 0 aliphatic carbocycles. The zero-order valence-corrected chi connectivity index (χ0v) is 15.5. The van der Waals surface area contributed by atoms with Gasteiger partial charge in [0.2, 0.25) is 11.8 Å². The van der Waals surface area contributed by atoms with E-state index in [2.05, 4.69) is 36.6 Å². The van der Waals surface area contributed by atoms with E-state index in [0.29, 0.717) is 25.4 Å². The fraction of sp³-hybridized carbons (Fsp3) is 0.556. The molecule has 1 unspecified atom stereocenters. The van der Waals surface area contributed by atoms with E-state index < -0.39 is 5.92 Å². The molecule has 1 atom stereocenters.